The maximum atomic E-state index is 14.9. The zero-order valence-electron chi connectivity index (χ0n) is 9.63. The number of hydrogen-bond acceptors (Lipinski definition) is 2. The number of halogens is 2. The highest BCUT2D eigenvalue weighted by Gasteiger charge is 2.39. The number of hydrogen-bond donors (Lipinski definition) is 1. The molecule has 1 fully saturated rings. The van der Waals surface area contributed by atoms with Crippen LogP contribution in [0.15, 0.2) is 10.7 Å². The van der Waals surface area contributed by atoms with Crippen molar-refractivity contribution in [2.75, 3.05) is 13.1 Å². The fourth-order valence-electron chi connectivity index (χ4n) is 2.21. The minimum absolute atomic E-state index is 0.184. The lowest BCUT2D eigenvalue weighted by Crippen LogP contribution is -2.38. The number of alkyl halides is 1. The van der Waals surface area contributed by atoms with Gasteiger partial charge in [-0.15, -0.1) is 0 Å². The molecule has 1 aromatic rings. The normalized spacial score (nSPS) is 20.3. The van der Waals surface area contributed by atoms with E-state index in [9.17, 15) is 4.39 Å². The van der Waals surface area contributed by atoms with Crippen LogP contribution in [0.2, 0.25) is 0 Å². The topological polar surface area (TPSA) is 29.9 Å². The molecule has 0 unspecified atom stereocenters. The lowest BCUT2D eigenvalue weighted by atomic mass is 9.90. The van der Waals surface area contributed by atoms with Crippen molar-refractivity contribution in [2.24, 2.45) is 0 Å². The molecule has 0 bridgehead atoms. The molecule has 3 nitrogen and oxygen atoms in total. The first-order chi connectivity index (χ1) is 7.54. The highest BCUT2D eigenvalue weighted by molar-refractivity contribution is 9.10. The second kappa shape index (κ2) is 4.45. The van der Waals surface area contributed by atoms with Gasteiger partial charge < -0.3 is 5.32 Å². The predicted octanol–water partition coefficient (Wildman–Crippen LogP) is 2.77. The largest absolute Gasteiger partial charge is 0.316 e. The Bertz CT molecular complexity index is 369. The van der Waals surface area contributed by atoms with E-state index in [1.165, 1.54) is 0 Å². The molecule has 0 spiro atoms. The number of piperidine rings is 1. The summed E-state index contributed by atoms with van der Waals surface area (Å²) >= 11 is 3.41. The molecule has 0 aliphatic carbocycles. The smallest absolute Gasteiger partial charge is 0.155 e. The molecule has 1 N–H and O–H groups in total. The van der Waals surface area contributed by atoms with E-state index in [0.29, 0.717) is 18.5 Å². The zero-order chi connectivity index (χ0) is 11.8. The van der Waals surface area contributed by atoms with Gasteiger partial charge in [-0.2, -0.15) is 5.10 Å². The van der Waals surface area contributed by atoms with Crippen molar-refractivity contribution in [1.29, 1.82) is 0 Å². The Hall–Kier alpha value is -0.420. The Morgan fingerprint density at radius 2 is 2.12 bits per heavy atom. The third kappa shape index (κ3) is 2.02. The molecule has 2 rings (SSSR count). The Kier molecular flexibility index (Phi) is 3.35. The van der Waals surface area contributed by atoms with Crippen molar-refractivity contribution in [1.82, 2.24) is 15.1 Å². The van der Waals surface area contributed by atoms with Gasteiger partial charge in [-0.1, -0.05) is 0 Å². The van der Waals surface area contributed by atoms with Crippen molar-refractivity contribution >= 4 is 15.9 Å². The summed E-state index contributed by atoms with van der Waals surface area (Å²) < 4.78 is 17.5. The van der Waals surface area contributed by atoms with E-state index < -0.39 is 5.67 Å². The molecule has 1 aromatic heterocycles. The van der Waals surface area contributed by atoms with E-state index >= 15 is 0 Å². The first-order valence-corrected chi connectivity index (χ1v) is 6.47. The van der Waals surface area contributed by atoms with Crippen LogP contribution in [-0.4, -0.2) is 22.9 Å². The van der Waals surface area contributed by atoms with Gasteiger partial charge in [0.2, 0.25) is 0 Å². The molecule has 16 heavy (non-hydrogen) atoms. The van der Waals surface area contributed by atoms with Gasteiger partial charge in [0.05, 0.1) is 16.4 Å². The van der Waals surface area contributed by atoms with Gasteiger partial charge >= 0.3 is 0 Å². The molecule has 2 heterocycles. The van der Waals surface area contributed by atoms with Crippen molar-refractivity contribution in [2.45, 2.75) is 38.4 Å². The molecule has 5 heteroatoms. The Morgan fingerprint density at radius 3 is 2.69 bits per heavy atom. The van der Waals surface area contributed by atoms with Gasteiger partial charge in [-0.3, -0.25) is 4.68 Å². The quantitative estimate of drug-likeness (QED) is 0.907. The van der Waals surface area contributed by atoms with Crippen LogP contribution in [0.4, 0.5) is 4.39 Å². The van der Waals surface area contributed by atoms with Crippen LogP contribution < -0.4 is 5.32 Å². The van der Waals surface area contributed by atoms with Gasteiger partial charge in [0, 0.05) is 6.04 Å². The summed E-state index contributed by atoms with van der Waals surface area (Å²) in [4.78, 5) is 0. The van der Waals surface area contributed by atoms with Crippen LogP contribution in [0, 0.1) is 0 Å². The van der Waals surface area contributed by atoms with Gasteiger partial charge in [0.15, 0.2) is 5.67 Å². The van der Waals surface area contributed by atoms with Gasteiger partial charge in [0.1, 0.15) is 0 Å². The van der Waals surface area contributed by atoms with Crippen molar-refractivity contribution in [3.8, 4) is 0 Å². The van der Waals surface area contributed by atoms with E-state index in [1.54, 1.807) is 10.9 Å². The molecule has 0 aromatic carbocycles. The van der Waals surface area contributed by atoms with E-state index in [2.05, 4.69) is 26.3 Å². The SMILES string of the molecule is CC(C)n1ncc(Br)c1C1(F)CCNCC1. The van der Waals surface area contributed by atoms with Crippen LogP contribution in [0.1, 0.15) is 38.4 Å². The standard InChI is InChI=1S/C11H17BrFN3/c1-8(2)16-10(9(12)7-15-16)11(13)3-5-14-6-4-11/h7-8,14H,3-6H2,1-2H3. The third-order valence-electron chi connectivity index (χ3n) is 3.06. The monoisotopic (exact) mass is 289 g/mol. The van der Waals surface area contributed by atoms with Crippen molar-refractivity contribution in [3.05, 3.63) is 16.4 Å². The van der Waals surface area contributed by atoms with E-state index in [-0.39, 0.29) is 6.04 Å². The van der Waals surface area contributed by atoms with Crippen LogP contribution in [0.3, 0.4) is 0 Å². The maximum Gasteiger partial charge on any atom is 0.155 e. The van der Waals surface area contributed by atoms with Gasteiger partial charge in [-0.05, 0) is 55.7 Å². The fraction of sp³-hybridized carbons (Fsp3) is 0.727. The molecule has 1 aliphatic heterocycles. The second-order valence-corrected chi connectivity index (χ2v) is 5.45. The zero-order valence-corrected chi connectivity index (χ0v) is 11.2. The molecule has 0 atom stereocenters. The maximum absolute atomic E-state index is 14.9. The molecule has 90 valence electrons. The van der Waals surface area contributed by atoms with Crippen LogP contribution in [0.5, 0.6) is 0 Å². The van der Waals surface area contributed by atoms with Gasteiger partial charge in [0.25, 0.3) is 0 Å². The minimum Gasteiger partial charge on any atom is -0.316 e. The van der Waals surface area contributed by atoms with Crippen molar-refractivity contribution in [3.63, 3.8) is 0 Å². The first-order valence-electron chi connectivity index (χ1n) is 5.68. The number of nitrogens with zero attached hydrogens (tertiary/aromatic N) is 2. The Morgan fingerprint density at radius 1 is 1.50 bits per heavy atom. The van der Waals surface area contributed by atoms with Crippen LogP contribution in [0.25, 0.3) is 0 Å². The fourth-order valence-corrected chi connectivity index (χ4v) is 2.84. The molecule has 0 radical (unpaired) electrons. The van der Waals surface area contributed by atoms with E-state index in [1.807, 2.05) is 13.8 Å². The average Bonchev–Trinajstić information content (AvgIpc) is 2.62. The highest BCUT2D eigenvalue weighted by Crippen LogP contribution is 2.39. The molecular weight excluding hydrogens is 273 g/mol. The number of nitrogens with one attached hydrogen (secondary N) is 1. The Balaban J connectivity index is 2.41. The summed E-state index contributed by atoms with van der Waals surface area (Å²) in [5.74, 6) is 0. The summed E-state index contributed by atoms with van der Waals surface area (Å²) in [5, 5.41) is 7.43. The third-order valence-corrected chi connectivity index (χ3v) is 3.64. The molecule has 1 aliphatic rings. The minimum atomic E-state index is -1.25. The van der Waals surface area contributed by atoms with Gasteiger partial charge in [-0.25, -0.2) is 4.39 Å². The van der Waals surface area contributed by atoms with E-state index in [4.69, 9.17) is 0 Å². The molecular formula is C11H17BrFN3. The number of rotatable bonds is 2. The summed E-state index contributed by atoms with van der Waals surface area (Å²) in [5.41, 5.74) is -0.547. The lowest BCUT2D eigenvalue weighted by molar-refractivity contribution is 0.101. The van der Waals surface area contributed by atoms with E-state index in [0.717, 1.165) is 17.6 Å². The predicted molar refractivity (Wildman–Crippen MR) is 65.2 cm³/mol. The summed E-state index contributed by atoms with van der Waals surface area (Å²) in [6.07, 6.45) is 2.73. The first kappa shape index (κ1) is 12.0. The van der Waals surface area contributed by atoms with Crippen molar-refractivity contribution < 1.29 is 4.39 Å². The number of aromatic nitrogens is 2. The Labute approximate surface area is 104 Å². The van der Waals surface area contributed by atoms with Crippen LogP contribution >= 0.6 is 15.9 Å². The second-order valence-electron chi connectivity index (χ2n) is 4.59. The molecule has 0 saturated carbocycles. The summed E-state index contributed by atoms with van der Waals surface area (Å²) in [6, 6.07) is 0.184. The lowest BCUT2D eigenvalue weighted by Gasteiger charge is -2.31. The molecule has 1 saturated heterocycles. The highest BCUT2D eigenvalue weighted by atomic mass is 79.9. The van der Waals surface area contributed by atoms with Crippen LogP contribution in [-0.2, 0) is 5.67 Å². The average molecular weight is 290 g/mol. The molecule has 0 amide bonds. The summed E-state index contributed by atoms with van der Waals surface area (Å²) in [7, 11) is 0. The summed E-state index contributed by atoms with van der Waals surface area (Å²) in [6.45, 7) is 5.50.